The van der Waals surface area contributed by atoms with Gasteiger partial charge in [-0.25, -0.2) is 9.67 Å². The van der Waals surface area contributed by atoms with E-state index in [4.69, 9.17) is 0 Å². The fraction of sp³-hybridized carbons (Fsp3) is 0.545. The quantitative estimate of drug-likeness (QED) is 0.874. The SMILES string of the molecule is Cc1nn(Cc2ncnn2C(C)C)c(C)c1Br. The van der Waals surface area contributed by atoms with Gasteiger partial charge in [0, 0.05) is 6.04 Å². The Kier molecular flexibility index (Phi) is 3.33. The molecule has 0 unspecified atom stereocenters. The molecular weight excluding hydrogens is 282 g/mol. The number of hydrogen-bond donors (Lipinski definition) is 0. The van der Waals surface area contributed by atoms with Crippen LogP contribution in [0.15, 0.2) is 10.8 Å². The van der Waals surface area contributed by atoms with Gasteiger partial charge in [0.2, 0.25) is 0 Å². The van der Waals surface area contributed by atoms with Crippen molar-refractivity contribution < 1.29 is 0 Å². The maximum Gasteiger partial charge on any atom is 0.148 e. The fourth-order valence-corrected chi connectivity index (χ4v) is 2.07. The maximum atomic E-state index is 4.47. The second-order valence-corrected chi connectivity index (χ2v) is 5.15. The van der Waals surface area contributed by atoms with Gasteiger partial charge >= 0.3 is 0 Å². The highest BCUT2D eigenvalue weighted by Gasteiger charge is 2.13. The minimum absolute atomic E-state index is 0.313. The van der Waals surface area contributed by atoms with Gasteiger partial charge in [0.15, 0.2) is 0 Å². The standard InChI is InChI=1S/C11H16BrN5/c1-7(2)17-10(13-6-14-17)5-16-9(4)11(12)8(3)15-16/h6-7H,5H2,1-4H3. The molecule has 0 aliphatic rings. The van der Waals surface area contributed by atoms with E-state index in [1.165, 1.54) is 0 Å². The lowest BCUT2D eigenvalue weighted by Gasteiger charge is -2.10. The summed E-state index contributed by atoms with van der Waals surface area (Å²) in [5.74, 6) is 0.929. The first-order valence-corrected chi connectivity index (χ1v) is 6.38. The van der Waals surface area contributed by atoms with Gasteiger partial charge in [-0.05, 0) is 43.6 Å². The van der Waals surface area contributed by atoms with Crippen LogP contribution in [0.3, 0.4) is 0 Å². The smallest absolute Gasteiger partial charge is 0.148 e. The Morgan fingerprint density at radius 3 is 2.59 bits per heavy atom. The van der Waals surface area contributed by atoms with Crippen LogP contribution in [0.4, 0.5) is 0 Å². The van der Waals surface area contributed by atoms with Crippen molar-refractivity contribution in [2.75, 3.05) is 0 Å². The first kappa shape index (κ1) is 12.3. The number of hydrogen-bond acceptors (Lipinski definition) is 3. The van der Waals surface area contributed by atoms with Gasteiger partial charge in [0.25, 0.3) is 0 Å². The van der Waals surface area contributed by atoms with E-state index in [1.807, 2.05) is 23.2 Å². The van der Waals surface area contributed by atoms with E-state index in [0.29, 0.717) is 12.6 Å². The summed E-state index contributed by atoms with van der Waals surface area (Å²) in [6, 6.07) is 0.313. The molecule has 0 N–H and O–H groups in total. The summed E-state index contributed by atoms with van der Waals surface area (Å²) < 4.78 is 4.93. The van der Waals surface area contributed by atoms with E-state index in [0.717, 1.165) is 21.7 Å². The second kappa shape index (κ2) is 4.60. The van der Waals surface area contributed by atoms with Crippen molar-refractivity contribution in [3.05, 3.63) is 28.0 Å². The van der Waals surface area contributed by atoms with Gasteiger partial charge in [-0.15, -0.1) is 0 Å². The molecule has 5 nitrogen and oxygen atoms in total. The summed E-state index contributed by atoms with van der Waals surface area (Å²) >= 11 is 3.53. The fourth-order valence-electron chi connectivity index (χ4n) is 1.78. The molecule has 92 valence electrons. The van der Waals surface area contributed by atoms with Crippen molar-refractivity contribution in [1.82, 2.24) is 24.5 Å². The normalized spacial score (nSPS) is 11.4. The summed E-state index contributed by atoms with van der Waals surface area (Å²) in [6.07, 6.45) is 1.59. The van der Waals surface area contributed by atoms with E-state index in [1.54, 1.807) is 6.33 Å². The molecule has 0 radical (unpaired) electrons. The zero-order valence-corrected chi connectivity index (χ0v) is 12.1. The molecule has 17 heavy (non-hydrogen) atoms. The molecule has 2 rings (SSSR count). The summed E-state index contributed by atoms with van der Waals surface area (Å²) in [5, 5.41) is 8.70. The van der Waals surface area contributed by atoms with Crippen molar-refractivity contribution in [2.45, 2.75) is 40.3 Å². The van der Waals surface area contributed by atoms with Crippen LogP contribution in [0.5, 0.6) is 0 Å². The van der Waals surface area contributed by atoms with E-state index >= 15 is 0 Å². The van der Waals surface area contributed by atoms with Gasteiger partial charge in [-0.3, -0.25) is 4.68 Å². The van der Waals surface area contributed by atoms with Crippen molar-refractivity contribution in [3.63, 3.8) is 0 Å². The summed E-state index contributed by atoms with van der Waals surface area (Å²) in [6.45, 7) is 8.86. The molecule has 0 spiro atoms. The van der Waals surface area contributed by atoms with E-state index in [2.05, 4.69) is 45.0 Å². The lowest BCUT2D eigenvalue weighted by Crippen LogP contribution is -2.13. The molecule has 0 saturated heterocycles. The van der Waals surface area contributed by atoms with Crippen LogP contribution in [0.25, 0.3) is 0 Å². The molecule has 0 amide bonds. The first-order chi connectivity index (χ1) is 8.00. The second-order valence-electron chi connectivity index (χ2n) is 4.36. The monoisotopic (exact) mass is 297 g/mol. The van der Waals surface area contributed by atoms with Crippen LogP contribution < -0.4 is 0 Å². The summed E-state index contributed by atoms with van der Waals surface area (Å²) in [7, 11) is 0. The molecule has 2 aromatic heterocycles. The zero-order chi connectivity index (χ0) is 12.6. The number of rotatable bonds is 3. The Morgan fingerprint density at radius 1 is 1.35 bits per heavy atom. The third kappa shape index (κ3) is 2.26. The van der Waals surface area contributed by atoms with E-state index < -0.39 is 0 Å². The number of halogens is 1. The van der Waals surface area contributed by atoms with Gasteiger partial charge in [-0.2, -0.15) is 10.2 Å². The third-order valence-corrected chi connectivity index (χ3v) is 3.87. The highest BCUT2D eigenvalue weighted by Crippen LogP contribution is 2.20. The molecule has 0 saturated carbocycles. The first-order valence-electron chi connectivity index (χ1n) is 5.58. The topological polar surface area (TPSA) is 48.5 Å². The number of aromatic nitrogens is 5. The van der Waals surface area contributed by atoms with Gasteiger partial charge < -0.3 is 0 Å². The van der Waals surface area contributed by atoms with Crippen LogP contribution in [0.1, 0.15) is 37.1 Å². The summed E-state index contributed by atoms with van der Waals surface area (Å²) in [4.78, 5) is 4.29. The maximum absolute atomic E-state index is 4.47. The predicted molar refractivity (Wildman–Crippen MR) is 68.9 cm³/mol. The Labute approximate surface area is 109 Å². The minimum atomic E-state index is 0.313. The van der Waals surface area contributed by atoms with E-state index in [9.17, 15) is 0 Å². The number of nitrogens with zero attached hydrogens (tertiary/aromatic N) is 5. The molecule has 0 aromatic carbocycles. The third-order valence-electron chi connectivity index (χ3n) is 2.72. The Hall–Kier alpha value is -1.17. The average Bonchev–Trinajstić information content (AvgIpc) is 2.81. The number of aryl methyl sites for hydroxylation is 1. The van der Waals surface area contributed by atoms with Crippen LogP contribution in [-0.4, -0.2) is 24.5 Å². The van der Waals surface area contributed by atoms with Gasteiger partial charge in [0.05, 0.1) is 15.9 Å². The van der Waals surface area contributed by atoms with Gasteiger partial charge in [0.1, 0.15) is 18.7 Å². The van der Waals surface area contributed by atoms with Crippen LogP contribution in [-0.2, 0) is 6.54 Å². The van der Waals surface area contributed by atoms with Crippen molar-refractivity contribution in [3.8, 4) is 0 Å². The molecule has 0 fully saturated rings. The lowest BCUT2D eigenvalue weighted by molar-refractivity contribution is 0.485. The predicted octanol–water partition coefficient (Wildman–Crippen LogP) is 2.48. The Morgan fingerprint density at radius 2 is 2.06 bits per heavy atom. The largest absolute Gasteiger partial charge is 0.261 e. The van der Waals surface area contributed by atoms with Crippen molar-refractivity contribution in [2.24, 2.45) is 0 Å². The zero-order valence-electron chi connectivity index (χ0n) is 10.5. The van der Waals surface area contributed by atoms with E-state index in [-0.39, 0.29) is 0 Å². The lowest BCUT2D eigenvalue weighted by atomic mass is 10.4. The minimum Gasteiger partial charge on any atom is -0.261 e. The van der Waals surface area contributed by atoms with Crippen LogP contribution >= 0.6 is 15.9 Å². The highest BCUT2D eigenvalue weighted by molar-refractivity contribution is 9.10. The van der Waals surface area contributed by atoms with Gasteiger partial charge in [-0.1, -0.05) is 0 Å². The molecule has 0 atom stereocenters. The van der Waals surface area contributed by atoms with Crippen molar-refractivity contribution >= 4 is 15.9 Å². The molecule has 2 heterocycles. The molecule has 0 bridgehead atoms. The molecule has 6 heteroatoms. The Balaban J connectivity index is 2.32. The van der Waals surface area contributed by atoms with Crippen molar-refractivity contribution in [1.29, 1.82) is 0 Å². The van der Waals surface area contributed by atoms with Crippen LogP contribution in [0.2, 0.25) is 0 Å². The molecule has 2 aromatic rings. The average molecular weight is 298 g/mol. The molecular formula is C11H16BrN5. The molecule has 0 aliphatic carbocycles. The summed E-state index contributed by atoms with van der Waals surface area (Å²) in [5.41, 5.74) is 2.11. The Bertz CT molecular complexity index is 526. The van der Waals surface area contributed by atoms with Crippen LogP contribution in [0, 0.1) is 13.8 Å². The molecule has 0 aliphatic heterocycles. The highest BCUT2D eigenvalue weighted by atomic mass is 79.9.